The predicted molar refractivity (Wildman–Crippen MR) is 38.6 cm³/mol. The zero-order chi connectivity index (χ0) is 8.27. The van der Waals surface area contributed by atoms with Crippen molar-refractivity contribution in [3.05, 3.63) is 28.3 Å². The van der Waals surface area contributed by atoms with Crippen molar-refractivity contribution < 1.29 is 4.92 Å². The summed E-state index contributed by atoms with van der Waals surface area (Å²) in [5.41, 5.74) is 0. The van der Waals surface area contributed by atoms with Crippen LogP contribution in [0, 0.1) is 10.1 Å². The quantitative estimate of drug-likeness (QED) is 0.476. The molecular formula is C6H9N3O2. The maximum Gasteiger partial charge on any atom is 0.260 e. The van der Waals surface area contributed by atoms with Gasteiger partial charge in [-0.25, -0.2) is 4.98 Å². The minimum absolute atomic E-state index is 0.194. The second-order valence-corrected chi connectivity index (χ2v) is 2.12. The monoisotopic (exact) mass is 155 g/mol. The third kappa shape index (κ3) is 1.76. The first kappa shape index (κ1) is 7.71. The van der Waals surface area contributed by atoms with Crippen molar-refractivity contribution in [3.63, 3.8) is 0 Å². The van der Waals surface area contributed by atoms with Crippen LogP contribution >= 0.6 is 0 Å². The normalized spacial score (nSPS) is 9.91. The van der Waals surface area contributed by atoms with Crippen LogP contribution in [0.25, 0.3) is 0 Å². The Morgan fingerprint density at radius 2 is 2.55 bits per heavy atom. The highest BCUT2D eigenvalue weighted by Crippen LogP contribution is 1.97. The molecule has 0 spiro atoms. The van der Waals surface area contributed by atoms with E-state index in [4.69, 9.17) is 0 Å². The predicted octanol–water partition coefficient (Wildman–Crippen LogP) is 0.680. The van der Waals surface area contributed by atoms with Crippen LogP contribution in [0.2, 0.25) is 0 Å². The molecule has 0 N–H and O–H groups in total. The van der Waals surface area contributed by atoms with E-state index in [1.807, 2.05) is 6.92 Å². The van der Waals surface area contributed by atoms with E-state index in [0.717, 1.165) is 6.54 Å². The molecule has 1 aromatic rings. The Labute approximate surface area is 63.8 Å². The summed E-state index contributed by atoms with van der Waals surface area (Å²) in [6, 6.07) is 0. The second-order valence-electron chi connectivity index (χ2n) is 2.12. The zero-order valence-corrected chi connectivity index (χ0v) is 6.23. The Hall–Kier alpha value is -1.39. The van der Waals surface area contributed by atoms with Crippen LogP contribution in [0.3, 0.4) is 0 Å². The smallest absolute Gasteiger partial charge is 0.260 e. The average Bonchev–Trinajstić information content (AvgIpc) is 2.34. The standard InChI is InChI=1S/C6H9N3O2/c1-2-8-4-3-7-6(8)5-9(10)11/h3-4H,2,5H2,1H3. The van der Waals surface area contributed by atoms with Crippen LogP contribution in [0.5, 0.6) is 0 Å². The van der Waals surface area contributed by atoms with Crippen molar-refractivity contribution in [1.29, 1.82) is 0 Å². The van der Waals surface area contributed by atoms with Gasteiger partial charge < -0.3 is 4.57 Å². The van der Waals surface area contributed by atoms with E-state index in [2.05, 4.69) is 4.98 Å². The number of nitro groups is 1. The molecule has 0 radical (unpaired) electrons. The molecule has 0 unspecified atom stereocenters. The van der Waals surface area contributed by atoms with Crippen molar-refractivity contribution in [2.45, 2.75) is 20.0 Å². The van der Waals surface area contributed by atoms with Gasteiger partial charge in [-0.15, -0.1) is 0 Å². The molecule has 0 atom stereocenters. The second kappa shape index (κ2) is 3.14. The highest BCUT2D eigenvalue weighted by atomic mass is 16.6. The lowest BCUT2D eigenvalue weighted by Crippen LogP contribution is -2.06. The summed E-state index contributed by atoms with van der Waals surface area (Å²) in [5.74, 6) is 0.512. The van der Waals surface area contributed by atoms with E-state index in [0.29, 0.717) is 5.82 Å². The van der Waals surface area contributed by atoms with Crippen molar-refractivity contribution in [2.24, 2.45) is 0 Å². The first-order valence-electron chi connectivity index (χ1n) is 3.36. The lowest BCUT2D eigenvalue weighted by Gasteiger charge is -1.98. The molecule has 5 nitrogen and oxygen atoms in total. The molecule has 0 amide bonds. The number of rotatable bonds is 3. The molecule has 1 heterocycles. The molecule has 11 heavy (non-hydrogen) atoms. The zero-order valence-electron chi connectivity index (χ0n) is 6.23. The maximum absolute atomic E-state index is 10.1. The summed E-state index contributed by atoms with van der Waals surface area (Å²) in [7, 11) is 0. The van der Waals surface area contributed by atoms with Crippen molar-refractivity contribution >= 4 is 0 Å². The van der Waals surface area contributed by atoms with Gasteiger partial charge >= 0.3 is 0 Å². The van der Waals surface area contributed by atoms with Gasteiger partial charge in [0.15, 0.2) is 5.82 Å². The fourth-order valence-electron chi connectivity index (χ4n) is 0.895. The van der Waals surface area contributed by atoms with Crippen LogP contribution in [-0.2, 0) is 13.1 Å². The Kier molecular flexibility index (Phi) is 2.20. The third-order valence-electron chi connectivity index (χ3n) is 1.41. The third-order valence-corrected chi connectivity index (χ3v) is 1.41. The van der Waals surface area contributed by atoms with E-state index in [1.54, 1.807) is 17.0 Å². The van der Waals surface area contributed by atoms with Crippen molar-refractivity contribution in [3.8, 4) is 0 Å². The summed E-state index contributed by atoms with van der Waals surface area (Å²) >= 11 is 0. The lowest BCUT2D eigenvalue weighted by atomic mass is 10.6. The molecule has 0 fully saturated rings. The Bertz CT molecular complexity index is 256. The van der Waals surface area contributed by atoms with Gasteiger partial charge in [-0.1, -0.05) is 0 Å². The topological polar surface area (TPSA) is 61.0 Å². The van der Waals surface area contributed by atoms with Crippen LogP contribution in [0.15, 0.2) is 12.4 Å². The first-order chi connectivity index (χ1) is 5.24. The molecule has 60 valence electrons. The molecule has 0 bridgehead atoms. The molecular weight excluding hydrogens is 146 g/mol. The SMILES string of the molecule is CCn1ccnc1C[N+](=O)[O-]. The Balaban J connectivity index is 2.76. The fourth-order valence-corrected chi connectivity index (χ4v) is 0.895. The van der Waals surface area contributed by atoms with Gasteiger partial charge in [-0.05, 0) is 6.92 Å². The molecule has 0 aromatic carbocycles. The summed E-state index contributed by atoms with van der Waals surface area (Å²) < 4.78 is 1.75. The molecule has 0 aliphatic heterocycles. The molecule has 1 aromatic heterocycles. The lowest BCUT2D eigenvalue weighted by molar-refractivity contribution is -0.498. The molecule has 0 aliphatic carbocycles. The summed E-state index contributed by atoms with van der Waals surface area (Å²) in [5, 5.41) is 10.1. The molecule has 0 saturated heterocycles. The van der Waals surface area contributed by atoms with Gasteiger partial charge in [0.25, 0.3) is 6.54 Å². The van der Waals surface area contributed by atoms with Gasteiger partial charge in [-0.3, -0.25) is 10.1 Å². The highest BCUT2D eigenvalue weighted by molar-refractivity contribution is 4.89. The first-order valence-corrected chi connectivity index (χ1v) is 3.36. The van der Waals surface area contributed by atoms with Gasteiger partial charge in [-0.2, -0.15) is 0 Å². The van der Waals surface area contributed by atoms with Gasteiger partial charge in [0.2, 0.25) is 0 Å². The average molecular weight is 155 g/mol. The number of hydrogen-bond donors (Lipinski definition) is 0. The van der Waals surface area contributed by atoms with Gasteiger partial charge in [0.05, 0.1) is 0 Å². The molecule has 0 aliphatic rings. The van der Waals surface area contributed by atoms with Crippen LogP contribution in [0.4, 0.5) is 0 Å². The van der Waals surface area contributed by atoms with Crippen molar-refractivity contribution in [1.82, 2.24) is 9.55 Å². The largest absolute Gasteiger partial charge is 0.330 e. The fraction of sp³-hybridized carbons (Fsp3) is 0.500. The van der Waals surface area contributed by atoms with E-state index < -0.39 is 0 Å². The number of aryl methyl sites for hydroxylation is 1. The van der Waals surface area contributed by atoms with E-state index in [9.17, 15) is 10.1 Å². The highest BCUT2D eigenvalue weighted by Gasteiger charge is 2.06. The number of aromatic nitrogens is 2. The summed E-state index contributed by atoms with van der Waals surface area (Å²) in [6.07, 6.45) is 3.31. The number of nitrogens with zero attached hydrogens (tertiary/aromatic N) is 3. The summed E-state index contributed by atoms with van der Waals surface area (Å²) in [4.78, 5) is 13.6. The van der Waals surface area contributed by atoms with E-state index >= 15 is 0 Å². The number of imidazole rings is 1. The van der Waals surface area contributed by atoms with E-state index in [-0.39, 0.29) is 11.5 Å². The van der Waals surface area contributed by atoms with Crippen molar-refractivity contribution in [2.75, 3.05) is 0 Å². The molecule has 1 rings (SSSR count). The minimum Gasteiger partial charge on any atom is -0.330 e. The van der Waals surface area contributed by atoms with Crippen LogP contribution < -0.4 is 0 Å². The maximum atomic E-state index is 10.1. The van der Waals surface area contributed by atoms with Gasteiger partial charge in [0.1, 0.15) is 0 Å². The van der Waals surface area contributed by atoms with Crippen LogP contribution in [0.1, 0.15) is 12.7 Å². The minimum atomic E-state index is -0.380. The van der Waals surface area contributed by atoms with Crippen LogP contribution in [-0.4, -0.2) is 14.5 Å². The molecule has 5 heteroatoms. The number of hydrogen-bond acceptors (Lipinski definition) is 3. The Morgan fingerprint density at radius 1 is 1.82 bits per heavy atom. The van der Waals surface area contributed by atoms with Gasteiger partial charge in [0, 0.05) is 23.9 Å². The van der Waals surface area contributed by atoms with E-state index in [1.165, 1.54) is 0 Å². The molecule has 0 saturated carbocycles. The summed E-state index contributed by atoms with van der Waals surface area (Å²) in [6.45, 7) is 2.45. The Morgan fingerprint density at radius 3 is 3.09 bits per heavy atom.